The molecule has 0 saturated carbocycles. The number of aromatic nitrogens is 1. The Morgan fingerprint density at radius 1 is 1.35 bits per heavy atom. The fourth-order valence-electron chi connectivity index (χ4n) is 1.64. The Bertz CT molecular complexity index is 592. The molecule has 0 saturated heterocycles. The van der Waals surface area contributed by atoms with Gasteiger partial charge in [-0.2, -0.15) is 0 Å². The Balaban J connectivity index is 2.10. The second kappa shape index (κ2) is 6.07. The van der Waals surface area contributed by atoms with Gasteiger partial charge in [0, 0.05) is 0 Å². The van der Waals surface area contributed by atoms with Crippen molar-refractivity contribution in [3.63, 3.8) is 0 Å². The summed E-state index contributed by atoms with van der Waals surface area (Å²) in [6.45, 7) is 1.86. The average molecular weight is 277 g/mol. The van der Waals surface area contributed by atoms with Gasteiger partial charge in [0.1, 0.15) is 23.9 Å². The summed E-state index contributed by atoms with van der Waals surface area (Å²) in [5.74, 6) is 6.46. The molecule has 2 aromatic rings. The van der Waals surface area contributed by atoms with E-state index in [9.17, 15) is 4.79 Å². The third-order valence-corrected chi connectivity index (χ3v) is 2.77. The number of nitrogen functional groups attached to an aromatic ring is 1. The normalized spacial score (nSPS) is 10.2. The largest absolute Gasteiger partial charge is 0.497 e. The summed E-state index contributed by atoms with van der Waals surface area (Å²) in [7, 11) is 1.59. The van der Waals surface area contributed by atoms with Crippen LogP contribution in [-0.4, -0.2) is 18.2 Å². The standard InChI is InChI=1S/C13H15N3O4/c1-8-11(12(16-20-8)13(17)15-14)7-19-10-5-3-9(18-2)4-6-10/h3-6H,7,14H2,1-2H3,(H,15,17). The van der Waals surface area contributed by atoms with Crippen molar-refractivity contribution in [2.45, 2.75) is 13.5 Å². The Hall–Kier alpha value is -2.54. The van der Waals surface area contributed by atoms with E-state index in [0.717, 1.165) is 5.75 Å². The van der Waals surface area contributed by atoms with Crippen LogP contribution in [0.15, 0.2) is 28.8 Å². The highest BCUT2D eigenvalue weighted by Gasteiger charge is 2.19. The van der Waals surface area contributed by atoms with Crippen LogP contribution in [0.1, 0.15) is 21.8 Å². The number of hydrazine groups is 1. The first kappa shape index (κ1) is 13.9. The fraction of sp³-hybridized carbons (Fsp3) is 0.231. The van der Waals surface area contributed by atoms with Gasteiger partial charge in [0.05, 0.1) is 12.7 Å². The number of carbonyl (C=O) groups is 1. The number of methoxy groups -OCH3 is 1. The lowest BCUT2D eigenvalue weighted by Crippen LogP contribution is -2.31. The zero-order valence-electron chi connectivity index (χ0n) is 11.2. The van der Waals surface area contributed by atoms with Crippen LogP contribution >= 0.6 is 0 Å². The van der Waals surface area contributed by atoms with Gasteiger partial charge < -0.3 is 14.0 Å². The van der Waals surface area contributed by atoms with Crippen LogP contribution in [0.3, 0.4) is 0 Å². The zero-order valence-corrected chi connectivity index (χ0v) is 11.2. The molecular weight excluding hydrogens is 262 g/mol. The first-order chi connectivity index (χ1) is 9.65. The minimum absolute atomic E-state index is 0.124. The highest BCUT2D eigenvalue weighted by Crippen LogP contribution is 2.20. The summed E-state index contributed by atoms with van der Waals surface area (Å²) in [5, 5.41) is 3.66. The molecule has 0 unspecified atom stereocenters. The molecule has 1 amide bonds. The first-order valence-electron chi connectivity index (χ1n) is 5.88. The summed E-state index contributed by atoms with van der Waals surface area (Å²) < 4.78 is 15.6. The molecule has 0 aliphatic carbocycles. The van der Waals surface area contributed by atoms with Crippen molar-refractivity contribution < 1.29 is 18.8 Å². The quantitative estimate of drug-likeness (QED) is 0.483. The zero-order chi connectivity index (χ0) is 14.5. The molecule has 0 spiro atoms. The number of amides is 1. The molecule has 0 radical (unpaired) electrons. The number of nitrogens with one attached hydrogen (secondary N) is 1. The van der Waals surface area contributed by atoms with Crippen LogP contribution in [0.2, 0.25) is 0 Å². The number of benzene rings is 1. The van der Waals surface area contributed by atoms with E-state index in [1.807, 2.05) is 5.43 Å². The molecule has 106 valence electrons. The monoisotopic (exact) mass is 277 g/mol. The highest BCUT2D eigenvalue weighted by molar-refractivity contribution is 5.93. The Morgan fingerprint density at radius 2 is 2.00 bits per heavy atom. The van der Waals surface area contributed by atoms with E-state index in [1.165, 1.54) is 0 Å². The average Bonchev–Trinajstić information content (AvgIpc) is 2.86. The van der Waals surface area contributed by atoms with Crippen molar-refractivity contribution >= 4 is 5.91 Å². The van der Waals surface area contributed by atoms with Gasteiger partial charge in [-0.15, -0.1) is 0 Å². The number of aryl methyl sites for hydroxylation is 1. The third kappa shape index (κ3) is 2.89. The van der Waals surface area contributed by atoms with Gasteiger partial charge in [-0.25, -0.2) is 5.84 Å². The maximum Gasteiger partial charge on any atom is 0.287 e. The summed E-state index contributed by atoms with van der Waals surface area (Å²) in [6.07, 6.45) is 0. The smallest absolute Gasteiger partial charge is 0.287 e. The van der Waals surface area contributed by atoms with Crippen LogP contribution in [0, 0.1) is 6.92 Å². The van der Waals surface area contributed by atoms with E-state index in [0.29, 0.717) is 17.1 Å². The van der Waals surface area contributed by atoms with Gasteiger partial charge in [0.15, 0.2) is 5.69 Å². The summed E-state index contributed by atoms with van der Waals surface area (Å²) in [4.78, 5) is 11.5. The Morgan fingerprint density at radius 3 is 2.60 bits per heavy atom. The molecule has 1 aromatic carbocycles. The molecule has 0 fully saturated rings. The molecule has 3 N–H and O–H groups in total. The number of hydrogen-bond acceptors (Lipinski definition) is 6. The molecular formula is C13H15N3O4. The number of nitrogens with zero attached hydrogens (tertiary/aromatic N) is 1. The maximum absolute atomic E-state index is 11.5. The minimum atomic E-state index is -0.518. The van der Waals surface area contributed by atoms with E-state index in [-0.39, 0.29) is 12.3 Å². The molecule has 0 aliphatic heterocycles. The SMILES string of the molecule is COc1ccc(OCc2c(C(=O)NN)noc2C)cc1. The second-order valence-electron chi connectivity index (χ2n) is 4.00. The number of nitrogens with two attached hydrogens (primary N) is 1. The number of carbonyl (C=O) groups excluding carboxylic acids is 1. The molecule has 1 aromatic heterocycles. The van der Waals surface area contributed by atoms with E-state index in [1.54, 1.807) is 38.3 Å². The van der Waals surface area contributed by atoms with Crippen LogP contribution < -0.4 is 20.7 Å². The predicted octanol–water partition coefficient (Wildman–Crippen LogP) is 1.17. The van der Waals surface area contributed by atoms with Gasteiger partial charge in [-0.1, -0.05) is 5.16 Å². The van der Waals surface area contributed by atoms with Crippen LogP contribution in [-0.2, 0) is 6.61 Å². The lowest BCUT2D eigenvalue weighted by Gasteiger charge is -2.07. The lowest BCUT2D eigenvalue weighted by molar-refractivity contribution is 0.0942. The number of hydrogen-bond donors (Lipinski definition) is 2. The third-order valence-electron chi connectivity index (χ3n) is 2.77. The van der Waals surface area contributed by atoms with Crippen molar-refractivity contribution in [1.82, 2.24) is 10.6 Å². The summed E-state index contributed by atoms with van der Waals surface area (Å²) >= 11 is 0. The van der Waals surface area contributed by atoms with Crippen LogP contribution in [0.5, 0.6) is 11.5 Å². The molecule has 0 aliphatic rings. The van der Waals surface area contributed by atoms with Crippen molar-refractivity contribution in [3.8, 4) is 11.5 Å². The molecule has 7 heteroatoms. The predicted molar refractivity (Wildman–Crippen MR) is 70.2 cm³/mol. The van der Waals surface area contributed by atoms with Gasteiger partial charge in [0.2, 0.25) is 0 Å². The molecule has 20 heavy (non-hydrogen) atoms. The van der Waals surface area contributed by atoms with Crippen molar-refractivity contribution in [1.29, 1.82) is 0 Å². The van der Waals surface area contributed by atoms with Gasteiger partial charge in [-0.05, 0) is 31.2 Å². The molecule has 2 rings (SSSR count). The Kier molecular flexibility index (Phi) is 4.21. The highest BCUT2D eigenvalue weighted by atomic mass is 16.5. The fourth-order valence-corrected chi connectivity index (χ4v) is 1.64. The lowest BCUT2D eigenvalue weighted by atomic mass is 10.2. The first-order valence-corrected chi connectivity index (χ1v) is 5.88. The van der Waals surface area contributed by atoms with Gasteiger partial charge >= 0.3 is 0 Å². The van der Waals surface area contributed by atoms with Gasteiger partial charge in [0.25, 0.3) is 5.91 Å². The number of rotatable bonds is 5. The number of ether oxygens (including phenoxy) is 2. The minimum Gasteiger partial charge on any atom is -0.497 e. The van der Waals surface area contributed by atoms with Crippen molar-refractivity contribution in [2.75, 3.05) is 7.11 Å². The second-order valence-corrected chi connectivity index (χ2v) is 4.00. The van der Waals surface area contributed by atoms with E-state index < -0.39 is 5.91 Å². The van der Waals surface area contributed by atoms with Crippen LogP contribution in [0.4, 0.5) is 0 Å². The van der Waals surface area contributed by atoms with Crippen LogP contribution in [0.25, 0.3) is 0 Å². The summed E-state index contributed by atoms with van der Waals surface area (Å²) in [6, 6.07) is 7.10. The molecule has 0 bridgehead atoms. The Labute approximate surface area is 115 Å². The van der Waals surface area contributed by atoms with Crippen molar-refractivity contribution in [3.05, 3.63) is 41.3 Å². The van der Waals surface area contributed by atoms with Crippen molar-refractivity contribution in [2.24, 2.45) is 5.84 Å². The van der Waals surface area contributed by atoms with E-state index in [2.05, 4.69) is 5.16 Å². The molecule has 0 atom stereocenters. The maximum atomic E-state index is 11.5. The summed E-state index contributed by atoms with van der Waals surface area (Å²) in [5.41, 5.74) is 2.70. The van der Waals surface area contributed by atoms with Gasteiger partial charge in [-0.3, -0.25) is 10.2 Å². The molecule has 7 nitrogen and oxygen atoms in total. The van der Waals surface area contributed by atoms with E-state index in [4.69, 9.17) is 19.8 Å². The van der Waals surface area contributed by atoms with E-state index >= 15 is 0 Å². The molecule has 1 heterocycles. The topological polar surface area (TPSA) is 99.6 Å².